The molecule has 0 saturated heterocycles. The first-order valence-electron chi connectivity index (χ1n) is 7.52. The van der Waals surface area contributed by atoms with E-state index in [2.05, 4.69) is 0 Å². The van der Waals surface area contributed by atoms with Gasteiger partial charge in [0.2, 0.25) is 10.0 Å². The molecular weight excluding hydrogens is 362 g/mol. The van der Waals surface area contributed by atoms with E-state index in [1.165, 1.54) is 60.9 Å². The summed E-state index contributed by atoms with van der Waals surface area (Å²) in [6.07, 6.45) is 0. The SMILES string of the molecule is C[C@@H](C(=O)NO)N(Cc1ccccc1[N+](=O)[O-])S(=O)(=O)c1ccccc1. The third-order valence-electron chi connectivity index (χ3n) is 3.79. The molecule has 0 aliphatic carbocycles. The number of nitrogens with one attached hydrogen (secondary N) is 1. The number of hydrogen-bond acceptors (Lipinski definition) is 6. The summed E-state index contributed by atoms with van der Waals surface area (Å²) in [4.78, 5) is 22.3. The Morgan fingerprint density at radius 1 is 1.19 bits per heavy atom. The Labute approximate surface area is 150 Å². The van der Waals surface area contributed by atoms with Gasteiger partial charge in [-0.2, -0.15) is 4.31 Å². The average Bonchev–Trinajstić information content (AvgIpc) is 2.65. The lowest BCUT2D eigenvalue weighted by Gasteiger charge is -2.27. The summed E-state index contributed by atoms with van der Waals surface area (Å²) in [6, 6.07) is 11.7. The Morgan fingerprint density at radius 3 is 2.35 bits per heavy atom. The van der Waals surface area contributed by atoms with Crippen molar-refractivity contribution in [1.82, 2.24) is 9.79 Å². The van der Waals surface area contributed by atoms with Crippen LogP contribution in [0.25, 0.3) is 0 Å². The van der Waals surface area contributed by atoms with E-state index in [4.69, 9.17) is 5.21 Å². The van der Waals surface area contributed by atoms with Crippen molar-refractivity contribution >= 4 is 21.6 Å². The van der Waals surface area contributed by atoms with Crippen LogP contribution < -0.4 is 5.48 Å². The molecule has 26 heavy (non-hydrogen) atoms. The largest absolute Gasteiger partial charge is 0.289 e. The van der Waals surface area contributed by atoms with Gasteiger partial charge < -0.3 is 0 Å². The van der Waals surface area contributed by atoms with Gasteiger partial charge in [0.25, 0.3) is 11.6 Å². The summed E-state index contributed by atoms with van der Waals surface area (Å²) in [5.74, 6) is -0.955. The number of carbonyl (C=O) groups is 1. The zero-order chi connectivity index (χ0) is 19.3. The van der Waals surface area contributed by atoms with Crippen LogP contribution in [0.3, 0.4) is 0 Å². The van der Waals surface area contributed by atoms with Gasteiger partial charge in [-0.3, -0.25) is 20.1 Å². The van der Waals surface area contributed by atoms with Crippen molar-refractivity contribution in [2.45, 2.75) is 24.4 Å². The van der Waals surface area contributed by atoms with Crippen LogP contribution in [-0.4, -0.2) is 34.8 Å². The van der Waals surface area contributed by atoms with Crippen molar-refractivity contribution in [2.24, 2.45) is 0 Å². The quantitative estimate of drug-likeness (QED) is 0.428. The molecule has 0 unspecified atom stereocenters. The molecule has 0 heterocycles. The fourth-order valence-electron chi connectivity index (χ4n) is 2.37. The normalized spacial score (nSPS) is 12.6. The van der Waals surface area contributed by atoms with E-state index < -0.39 is 33.4 Å². The second-order valence-corrected chi connectivity index (χ2v) is 7.29. The van der Waals surface area contributed by atoms with Crippen molar-refractivity contribution in [1.29, 1.82) is 0 Å². The van der Waals surface area contributed by atoms with E-state index in [9.17, 15) is 23.3 Å². The zero-order valence-corrected chi connectivity index (χ0v) is 14.6. The second kappa shape index (κ2) is 8.04. The molecule has 0 bridgehead atoms. The smallest absolute Gasteiger partial charge is 0.273 e. The number of para-hydroxylation sites is 1. The molecule has 138 valence electrons. The van der Waals surface area contributed by atoms with Gasteiger partial charge in [0.05, 0.1) is 9.82 Å². The predicted octanol–water partition coefficient (Wildman–Crippen LogP) is 1.68. The van der Waals surface area contributed by atoms with E-state index in [0.29, 0.717) is 0 Å². The fraction of sp³-hybridized carbons (Fsp3) is 0.188. The summed E-state index contributed by atoms with van der Waals surface area (Å²) in [7, 11) is -4.16. The van der Waals surface area contributed by atoms with Gasteiger partial charge in [-0.05, 0) is 19.1 Å². The lowest BCUT2D eigenvalue weighted by atomic mass is 10.1. The highest BCUT2D eigenvalue weighted by Crippen LogP contribution is 2.25. The minimum absolute atomic E-state index is 0.0730. The first-order valence-corrected chi connectivity index (χ1v) is 8.96. The van der Waals surface area contributed by atoms with Crippen LogP contribution >= 0.6 is 0 Å². The maximum Gasteiger partial charge on any atom is 0.273 e. The van der Waals surface area contributed by atoms with Gasteiger partial charge in [-0.15, -0.1) is 0 Å². The molecule has 9 nitrogen and oxygen atoms in total. The fourth-order valence-corrected chi connectivity index (χ4v) is 3.97. The molecule has 2 aromatic carbocycles. The van der Waals surface area contributed by atoms with Crippen molar-refractivity contribution in [3.05, 3.63) is 70.3 Å². The number of hydrogen-bond donors (Lipinski definition) is 2. The number of nitro benzene ring substituents is 1. The minimum Gasteiger partial charge on any atom is -0.289 e. The monoisotopic (exact) mass is 379 g/mol. The van der Waals surface area contributed by atoms with E-state index >= 15 is 0 Å². The molecule has 2 rings (SSSR count). The van der Waals surface area contributed by atoms with Crippen molar-refractivity contribution in [2.75, 3.05) is 0 Å². The first kappa shape index (κ1) is 19.5. The van der Waals surface area contributed by atoms with E-state index in [1.807, 2.05) is 0 Å². The molecule has 0 fully saturated rings. The molecule has 0 radical (unpaired) electrons. The number of hydroxylamine groups is 1. The molecule has 1 atom stereocenters. The Morgan fingerprint density at radius 2 is 1.77 bits per heavy atom. The summed E-state index contributed by atoms with van der Waals surface area (Å²) in [6.45, 7) is 0.865. The molecule has 2 aromatic rings. The van der Waals surface area contributed by atoms with Crippen molar-refractivity contribution in [3.63, 3.8) is 0 Å². The molecule has 1 amide bonds. The predicted molar refractivity (Wildman–Crippen MR) is 91.7 cm³/mol. The maximum absolute atomic E-state index is 13.0. The van der Waals surface area contributed by atoms with Crippen LogP contribution in [0.1, 0.15) is 12.5 Å². The van der Waals surface area contributed by atoms with Gasteiger partial charge in [0.15, 0.2) is 0 Å². The average molecular weight is 379 g/mol. The topological polar surface area (TPSA) is 130 Å². The van der Waals surface area contributed by atoms with Gasteiger partial charge in [0, 0.05) is 18.2 Å². The van der Waals surface area contributed by atoms with Gasteiger partial charge in [-0.1, -0.05) is 36.4 Å². The molecule has 2 N–H and O–H groups in total. The molecule has 0 spiro atoms. The van der Waals surface area contributed by atoms with E-state index in [0.717, 1.165) is 4.31 Å². The van der Waals surface area contributed by atoms with Crippen molar-refractivity contribution < 1.29 is 23.3 Å². The Balaban J connectivity index is 2.53. The summed E-state index contributed by atoms with van der Waals surface area (Å²) in [5.41, 5.74) is 1.27. The van der Waals surface area contributed by atoms with Crippen LogP contribution in [0, 0.1) is 10.1 Å². The van der Waals surface area contributed by atoms with Crippen molar-refractivity contribution in [3.8, 4) is 0 Å². The Hall–Kier alpha value is -2.82. The van der Waals surface area contributed by atoms with Gasteiger partial charge in [-0.25, -0.2) is 13.9 Å². The second-order valence-electron chi connectivity index (χ2n) is 5.40. The molecule has 0 aromatic heterocycles. The number of sulfonamides is 1. The highest BCUT2D eigenvalue weighted by atomic mass is 32.2. The molecule has 0 saturated carbocycles. The molecule has 0 aliphatic rings. The third-order valence-corrected chi connectivity index (χ3v) is 5.72. The van der Waals surface area contributed by atoms with Gasteiger partial charge in [0.1, 0.15) is 6.04 Å². The number of nitro groups is 1. The van der Waals surface area contributed by atoms with E-state index in [1.54, 1.807) is 6.07 Å². The number of nitrogens with zero attached hydrogens (tertiary/aromatic N) is 2. The lowest BCUT2D eigenvalue weighted by molar-refractivity contribution is -0.385. The Bertz CT molecular complexity index is 901. The van der Waals surface area contributed by atoms with Crippen LogP contribution in [0.15, 0.2) is 59.5 Å². The number of amides is 1. The van der Waals surface area contributed by atoms with Crippen LogP contribution in [0.4, 0.5) is 5.69 Å². The lowest BCUT2D eigenvalue weighted by Crippen LogP contribution is -2.46. The summed E-state index contributed by atoms with van der Waals surface area (Å²) >= 11 is 0. The number of rotatable bonds is 7. The Kier molecular flexibility index (Phi) is 6.03. The molecular formula is C16H17N3O6S. The number of carbonyl (C=O) groups excluding carboxylic acids is 1. The maximum atomic E-state index is 13.0. The summed E-state index contributed by atoms with van der Waals surface area (Å²) < 4.78 is 26.8. The summed E-state index contributed by atoms with van der Waals surface area (Å²) in [5, 5.41) is 20.1. The van der Waals surface area contributed by atoms with E-state index in [-0.39, 0.29) is 16.1 Å². The zero-order valence-electron chi connectivity index (χ0n) is 13.8. The number of benzene rings is 2. The molecule has 0 aliphatic heterocycles. The third kappa shape index (κ3) is 4.04. The first-order chi connectivity index (χ1) is 12.3. The minimum atomic E-state index is -4.16. The highest BCUT2D eigenvalue weighted by Gasteiger charge is 2.34. The van der Waals surface area contributed by atoms with Crippen LogP contribution in [-0.2, 0) is 21.4 Å². The standard InChI is InChI=1S/C16H17N3O6S/c1-12(16(20)17-21)18(26(24,25)14-8-3-2-4-9-14)11-13-7-5-6-10-15(13)19(22)23/h2-10,12,21H,11H2,1H3,(H,17,20)/t12-/m0/s1. The highest BCUT2D eigenvalue weighted by molar-refractivity contribution is 7.89. The van der Waals surface area contributed by atoms with Crippen LogP contribution in [0.2, 0.25) is 0 Å². The van der Waals surface area contributed by atoms with Crippen LogP contribution in [0.5, 0.6) is 0 Å². The molecule has 10 heteroatoms. The van der Waals surface area contributed by atoms with Gasteiger partial charge >= 0.3 is 0 Å².